The summed E-state index contributed by atoms with van der Waals surface area (Å²) in [6.45, 7) is 8.22. The van der Waals surface area contributed by atoms with Gasteiger partial charge < -0.3 is 31.1 Å². The van der Waals surface area contributed by atoms with E-state index in [1.807, 2.05) is 45.0 Å². The fraction of sp³-hybridized carbons (Fsp3) is 0.714. The molecule has 9 atom stereocenters. The molecule has 2 aliphatic heterocycles. The van der Waals surface area contributed by atoms with Crippen LogP contribution < -0.4 is 16.0 Å². The lowest BCUT2D eigenvalue weighted by Crippen LogP contribution is -2.67. The van der Waals surface area contributed by atoms with Crippen LogP contribution in [0.15, 0.2) is 24.3 Å². The third-order valence-corrected chi connectivity index (χ3v) is 11.4. The van der Waals surface area contributed by atoms with Crippen LogP contribution in [0, 0.1) is 23.2 Å². The van der Waals surface area contributed by atoms with Crippen molar-refractivity contribution in [1.82, 2.24) is 25.8 Å². The number of carbonyl (C=O) groups is 4. The van der Waals surface area contributed by atoms with Crippen LogP contribution in [0.25, 0.3) is 0 Å². The number of nitrogens with one attached hydrogen (secondary N) is 3. The van der Waals surface area contributed by atoms with Gasteiger partial charge in [-0.1, -0.05) is 71.2 Å². The summed E-state index contributed by atoms with van der Waals surface area (Å²) in [4.78, 5) is 58.5. The smallest absolute Gasteiger partial charge is 0.404 e. The van der Waals surface area contributed by atoms with Crippen LogP contribution in [0.1, 0.15) is 89.8 Å². The number of carboxylic acid groups (broad SMARTS) is 1. The molecule has 0 aromatic heterocycles. The third-order valence-electron chi connectivity index (χ3n) is 11.4. The second-order valence-corrected chi connectivity index (χ2v) is 15.6. The van der Waals surface area contributed by atoms with Crippen LogP contribution >= 0.6 is 0 Å². The Morgan fingerprint density at radius 3 is 2.39 bits per heavy atom. The van der Waals surface area contributed by atoms with Gasteiger partial charge in [0.15, 0.2) is 0 Å². The molecule has 2 heterocycles. The number of hydrogen-bond acceptors (Lipinski definition) is 6. The SMILES string of the molecule is C[C@H](C(=O)N[C@H](C(=O)N1C[C@H]2C[C@H]3C[C@H]3N2C[C@H]1C(=O)N[C@H]1c2ccccc2C[C@@H]1O)C1CCCCC1)C(NC(=O)O)C(C)(C)C. The van der Waals surface area contributed by atoms with Crippen LogP contribution in [0.4, 0.5) is 4.79 Å². The van der Waals surface area contributed by atoms with Gasteiger partial charge >= 0.3 is 6.09 Å². The van der Waals surface area contributed by atoms with Crippen LogP contribution in [-0.2, 0) is 20.8 Å². The van der Waals surface area contributed by atoms with Crippen molar-refractivity contribution in [3.63, 3.8) is 0 Å². The van der Waals surface area contributed by atoms with E-state index in [0.29, 0.717) is 31.5 Å². The Kier molecular flexibility index (Phi) is 9.10. The summed E-state index contributed by atoms with van der Waals surface area (Å²) in [7, 11) is 0. The fourth-order valence-corrected chi connectivity index (χ4v) is 8.92. The van der Waals surface area contributed by atoms with Gasteiger partial charge in [0.25, 0.3) is 0 Å². The molecule has 5 N–H and O–H groups in total. The Hall–Kier alpha value is -3.18. The van der Waals surface area contributed by atoms with E-state index in [4.69, 9.17) is 0 Å². The molecule has 11 nitrogen and oxygen atoms in total. The zero-order valence-electron chi connectivity index (χ0n) is 27.6. The summed E-state index contributed by atoms with van der Waals surface area (Å²) in [5.41, 5.74) is 1.38. The van der Waals surface area contributed by atoms with Crippen molar-refractivity contribution < 1.29 is 29.4 Å². The minimum atomic E-state index is -1.20. The average Bonchev–Trinajstić information content (AvgIpc) is 3.59. The lowest BCUT2D eigenvalue weighted by Gasteiger charge is -2.46. The van der Waals surface area contributed by atoms with Gasteiger partial charge in [-0.2, -0.15) is 0 Å². The summed E-state index contributed by atoms with van der Waals surface area (Å²) < 4.78 is 0. The average molecular weight is 638 g/mol. The van der Waals surface area contributed by atoms with Crippen LogP contribution in [-0.4, -0.2) is 93.2 Å². The maximum Gasteiger partial charge on any atom is 0.404 e. The fourth-order valence-electron chi connectivity index (χ4n) is 8.92. The predicted molar refractivity (Wildman–Crippen MR) is 172 cm³/mol. The van der Waals surface area contributed by atoms with Gasteiger partial charge in [-0.15, -0.1) is 0 Å². The van der Waals surface area contributed by atoms with E-state index in [9.17, 15) is 29.4 Å². The Bertz CT molecular complexity index is 1340. The second kappa shape index (κ2) is 12.8. The van der Waals surface area contributed by atoms with Crippen LogP contribution in [0.5, 0.6) is 0 Å². The van der Waals surface area contributed by atoms with Crippen molar-refractivity contribution in [2.24, 2.45) is 23.2 Å². The van der Waals surface area contributed by atoms with Gasteiger partial charge in [-0.25, -0.2) is 4.79 Å². The minimum Gasteiger partial charge on any atom is -0.465 e. The number of fused-ring (bicyclic) bond motifs is 4. The maximum absolute atomic E-state index is 14.7. The normalized spacial score (nSPS) is 31.1. The molecule has 1 unspecified atom stereocenters. The molecule has 2 saturated heterocycles. The highest BCUT2D eigenvalue weighted by molar-refractivity contribution is 5.93. The molecule has 11 heteroatoms. The molecule has 0 bridgehead atoms. The van der Waals surface area contributed by atoms with Crippen molar-refractivity contribution in [1.29, 1.82) is 0 Å². The number of amides is 4. The van der Waals surface area contributed by atoms with E-state index in [-0.39, 0.29) is 29.7 Å². The predicted octanol–water partition coefficient (Wildman–Crippen LogP) is 2.82. The first-order valence-electron chi connectivity index (χ1n) is 17.3. The summed E-state index contributed by atoms with van der Waals surface area (Å²) in [6, 6.07) is 5.61. The summed E-state index contributed by atoms with van der Waals surface area (Å²) in [5, 5.41) is 29.1. The van der Waals surface area contributed by atoms with Gasteiger partial charge in [-0.3, -0.25) is 19.3 Å². The second-order valence-electron chi connectivity index (χ2n) is 15.6. The van der Waals surface area contributed by atoms with E-state index < -0.39 is 47.7 Å². The van der Waals surface area contributed by atoms with E-state index in [0.717, 1.165) is 56.1 Å². The Labute approximate surface area is 271 Å². The number of piperidine rings is 1. The van der Waals surface area contributed by atoms with Crippen molar-refractivity contribution in [2.45, 2.75) is 121 Å². The largest absolute Gasteiger partial charge is 0.465 e. The molecule has 6 rings (SSSR count). The quantitative estimate of drug-likeness (QED) is 0.294. The van der Waals surface area contributed by atoms with Crippen molar-refractivity contribution in [3.8, 4) is 0 Å². The summed E-state index contributed by atoms with van der Waals surface area (Å²) in [5.74, 6) is -1.07. The van der Waals surface area contributed by atoms with Crippen LogP contribution in [0.3, 0.4) is 0 Å². The highest BCUT2D eigenvalue weighted by Crippen LogP contribution is 2.49. The molecule has 252 valence electrons. The third kappa shape index (κ3) is 6.50. The van der Waals surface area contributed by atoms with Gasteiger partial charge in [0.05, 0.1) is 18.1 Å². The van der Waals surface area contributed by atoms with E-state index in [2.05, 4.69) is 20.9 Å². The topological polar surface area (TPSA) is 151 Å². The molecule has 0 spiro atoms. The van der Waals surface area contributed by atoms with Gasteiger partial charge in [0.2, 0.25) is 17.7 Å². The summed E-state index contributed by atoms with van der Waals surface area (Å²) in [6.07, 6.45) is 5.27. The van der Waals surface area contributed by atoms with E-state index in [1.165, 1.54) is 0 Å². The standard InChI is InChI=1S/C35H51N5O6/c1-19(30(35(2,3)4)38-34(45)46)31(42)36-28(20-10-6-5-7-11-20)33(44)40-17-23-14-22-15-25(22)39(23)18-26(40)32(43)37-29-24-13-9-8-12-21(24)16-27(29)41/h8-9,12-13,19-20,22-23,25-30,38,41H,5-7,10-11,14-18H2,1-4H3,(H,36,42)(H,37,43)(H,45,46)/t19-,22-,23+,25+,26-,27-,28-,29-,30?/m0/s1. The highest BCUT2D eigenvalue weighted by Gasteiger charge is 2.57. The molecule has 46 heavy (non-hydrogen) atoms. The monoisotopic (exact) mass is 637 g/mol. The number of nitrogens with zero attached hydrogens (tertiary/aromatic N) is 2. The molecule has 2 saturated carbocycles. The number of rotatable bonds is 8. The molecular weight excluding hydrogens is 586 g/mol. The van der Waals surface area contributed by atoms with Gasteiger partial charge in [0.1, 0.15) is 12.1 Å². The first-order valence-corrected chi connectivity index (χ1v) is 17.3. The Balaban J connectivity index is 1.26. The lowest BCUT2D eigenvalue weighted by molar-refractivity contribution is -0.150. The molecule has 1 aromatic rings. The number of benzene rings is 1. The number of aliphatic hydroxyl groups is 1. The molecule has 3 aliphatic carbocycles. The minimum absolute atomic E-state index is 0.0693. The Morgan fingerprint density at radius 1 is 0.978 bits per heavy atom. The Morgan fingerprint density at radius 2 is 1.70 bits per heavy atom. The molecule has 0 radical (unpaired) electrons. The number of hydrogen-bond donors (Lipinski definition) is 5. The molecule has 4 amide bonds. The van der Waals surface area contributed by atoms with Gasteiger partial charge in [-0.05, 0) is 54.1 Å². The number of piperazine rings is 1. The maximum atomic E-state index is 14.7. The van der Waals surface area contributed by atoms with Crippen molar-refractivity contribution in [3.05, 3.63) is 35.4 Å². The van der Waals surface area contributed by atoms with Crippen LogP contribution in [0.2, 0.25) is 0 Å². The number of aliphatic hydroxyl groups excluding tert-OH is 1. The van der Waals surface area contributed by atoms with E-state index >= 15 is 0 Å². The zero-order chi connectivity index (χ0) is 32.9. The first-order chi connectivity index (χ1) is 21.8. The summed E-state index contributed by atoms with van der Waals surface area (Å²) >= 11 is 0. The molecular formula is C35H51N5O6. The number of carbonyl (C=O) groups excluding carboxylic acids is 3. The zero-order valence-corrected chi connectivity index (χ0v) is 27.6. The molecule has 4 fully saturated rings. The first kappa shape index (κ1) is 32.7. The van der Waals surface area contributed by atoms with Crippen molar-refractivity contribution in [2.75, 3.05) is 13.1 Å². The van der Waals surface area contributed by atoms with E-state index in [1.54, 1.807) is 11.8 Å². The molecule has 1 aromatic carbocycles. The highest BCUT2D eigenvalue weighted by atomic mass is 16.4. The van der Waals surface area contributed by atoms with Gasteiger partial charge in [0, 0.05) is 37.6 Å². The molecule has 5 aliphatic rings. The van der Waals surface area contributed by atoms with Crippen molar-refractivity contribution >= 4 is 23.8 Å². The lowest BCUT2D eigenvalue weighted by atomic mass is 9.78.